The van der Waals surface area contributed by atoms with Crippen molar-refractivity contribution in [1.29, 1.82) is 0 Å². The van der Waals surface area contributed by atoms with Crippen LogP contribution >= 0.6 is 0 Å². The van der Waals surface area contributed by atoms with E-state index in [4.69, 9.17) is 4.74 Å². The Morgan fingerprint density at radius 2 is 1.83 bits per heavy atom. The highest BCUT2D eigenvalue weighted by Crippen LogP contribution is 2.64. The molecule has 0 radical (unpaired) electrons. The number of benzene rings is 1. The van der Waals surface area contributed by atoms with Gasteiger partial charge < -0.3 is 19.3 Å². The van der Waals surface area contributed by atoms with Crippen molar-refractivity contribution in [3.8, 4) is 0 Å². The van der Waals surface area contributed by atoms with E-state index in [0.717, 1.165) is 30.2 Å². The van der Waals surface area contributed by atoms with E-state index in [2.05, 4.69) is 30.6 Å². The molecule has 6 nitrogen and oxygen atoms in total. The fourth-order valence-electron chi connectivity index (χ4n) is 7.31. The maximum Gasteiger partial charge on any atom is 0.335 e. The minimum absolute atomic E-state index is 0.195. The first-order valence-electron chi connectivity index (χ1n) is 13.6. The lowest BCUT2D eigenvalue weighted by molar-refractivity contribution is -0.142. The van der Waals surface area contributed by atoms with E-state index in [9.17, 15) is 14.7 Å². The first-order valence-corrected chi connectivity index (χ1v) is 13.6. The van der Waals surface area contributed by atoms with E-state index >= 15 is 0 Å². The number of carbonyl (C=O) groups excluding carboxylic acids is 1. The summed E-state index contributed by atoms with van der Waals surface area (Å²) in [6, 6.07) is 5.61. The van der Waals surface area contributed by atoms with Crippen LogP contribution in [-0.2, 0) is 16.1 Å². The summed E-state index contributed by atoms with van der Waals surface area (Å²) in [6.45, 7) is 7.28. The quantitative estimate of drug-likeness (QED) is 0.609. The molecule has 1 N–H and O–H groups in total. The Balaban J connectivity index is 1.59. The van der Waals surface area contributed by atoms with Crippen molar-refractivity contribution in [2.24, 2.45) is 11.3 Å². The first kappa shape index (κ1) is 23.5. The summed E-state index contributed by atoms with van der Waals surface area (Å²) in [4.78, 5) is 28.0. The average Bonchev–Trinajstić information content (AvgIpc) is 3.57. The maximum absolute atomic E-state index is 14.1. The van der Waals surface area contributed by atoms with Gasteiger partial charge >= 0.3 is 5.97 Å². The molecule has 2 unspecified atom stereocenters. The molecule has 1 saturated heterocycles. The summed E-state index contributed by atoms with van der Waals surface area (Å²) in [5.41, 5.74) is 5.87. The van der Waals surface area contributed by atoms with Crippen molar-refractivity contribution in [2.75, 3.05) is 26.3 Å². The molecule has 2 aliphatic carbocycles. The molecule has 2 aliphatic heterocycles. The van der Waals surface area contributed by atoms with Gasteiger partial charge in [-0.2, -0.15) is 0 Å². The second-order valence-electron chi connectivity index (χ2n) is 11.0. The number of fused-ring (bicyclic) bond motifs is 4. The fraction of sp³-hybridized carbons (Fsp3) is 0.533. The zero-order chi connectivity index (χ0) is 25.0. The maximum atomic E-state index is 14.1. The van der Waals surface area contributed by atoms with E-state index in [1.165, 1.54) is 41.7 Å². The molecule has 0 bridgehead atoms. The molecular formula is C30H36N2O4. The van der Waals surface area contributed by atoms with E-state index in [1.807, 2.05) is 17.0 Å². The van der Waals surface area contributed by atoms with Crippen molar-refractivity contribution < 1.29 is 19.4 Å². The van der Waals surface area contributed by atoms with E-state index in [1.54, 1.807) is 6.07 Å². The van der Waals surface area contributed by atoms with Crippen LogP contribution in [-0.4, -0.2) is 52.8 Å². The number of rotatable bonds is 3. The topological polar surface area (TPSA) is 71.8 Å². The van der Waals surface area contributed by atoms with Crippen molar-refractivity contribution in [3.05, 3.63) is 52.7 Å². The number of carbonyl (C=O) groups is 2. The van der Waals surface area contributed by atoms with Crippen LogP contribution in [0, 0.1) is 11.3 Å². The van der Waals surface area contributed by atoms with Crippen LogP contribution in [0.15, 0.2) is 35.9 Å². The Bertz CT molecular complexity index is 1290. The fourth-order valence-corrected chi connectivity index (χ4v) is 7.31. The molecule has 3 heterocycles. The molecule has 3 fully saturated rings. The van der Waals surface area contributed by atoms with Crippen LogP contribution in [0.3, 0.4) is 0 Å². The van der Waals surface area contributed by atoms with Crippen LogP contribution in [0.1, 0.15) is 79.9 Å². The minimum Gasteiger partial charge on any atom is -0.478 e. The smallest absolute Gasteiger partial charge is 0.335 e. The first-order chi connectivity index (χ1) is 17.5. The van der Waals surface area contributed by atoms with Crippen LogP contribution in [0.2, 0.25) is 0 Å². The number of carboxylic acids is 1. The number of nitrogens with zero attached hydrogens (tertiary/aromatic N) is 2. The van der Waals surface area contributed by atoms with Crippen molar-refractivity contribution in [3.63, 3.8) is 0 Å². The normalized spacial score (nSPS) is 28.7. The molecule has 6 rings (SSSR count). The van der Waals surface area contributed by atoms with E-state index in [-0.39, 0.29) is 11.8 Å². The van der Waals surface area contributed by atoms with Gasteiger partial charge in [0.1, 0.15) is 0 Å². The number of morpholine rings is 1. The number of aromatic nitrogens is 1. The predicted molar refractivity (Wildman–Crippen MR) is 140 cm³/mol. The third-order valence-corrected chi connectivity index (χ3v) is 9.15. The predicted octanol–water partition coefficient (Wildman–Crippen LogP) is 5.62. The molecule has 0 spiro atoms. The van der Waals surface area contributed by atoms with Crippen LogP contribution < -0.4 is 0 Å². The van der Waals surface area contributed by atoms with Gasteiger partial charge in [0.15, 0.2) is 0 Å². The summed E-state index contributed by atoms with van der Waals surface area (Å²) in [7, 11) is 0. The SMILES string of the molecule is C/C=C1\C(=C/C)c2c(C3CCCCC3)c3ccc(C(=O)O)cc3n2CC2(C(=O)N3CCOCC3)CC12. The number of hydrogen-bond acceptors (Lipinski definition) is 3. The lowest BCUT2D eigenvalue weighted by atomic mass is 9.80. The lowest BCUT2D eigenvalue weighted by Crippen LogP contribution is -2.46. The Hall–Kier alpha value is -2.86. The molecule has 6 heteroatoms. The Morgan fingerprint density at radius 3 is 2.50 bits per heavy atom. The van der Waals surface area contributed by atoms with Crippen LogP contribution in [0.4, 0.5) is 0 Å². The van der Waals surface area contributed by atoms with Gasteiger partial charge in [-0.15, -0.1) is 0 Å². The van der Waals surface area contributed by atoms with Gasteiger partial charge in [-0.05, 0) is 67.9 Å². The highest BCUT2D eigenvalue weighted by molar-refractivity contribution is 6.00. The average molecular weight is 489 g/mol. The molecular weight excluding hydrogens is 452 g/mol. The third kappa shape index (κ3) is 3.48. The summed E-state index contributed by atoms with van der Waals surface area (Å²) < 4.78 is 7.86. The molecule has 190 valence electrons. The number of carboxylic acid groups (broad SMARTS) is 1. The molecule has 36 heavy (non-hydrogen) atoms. The van der Waals surface area contributed by atoms with E-state index < -0.39 is 11.4 Å². The standard InChI is InChI=1S/C30H36N2O4/c1-3-21-22(4-2)27-26(19-8-6-5-7-9-19)23-11-10-20(28(33)34)16-25(23)32(27)18-30(17-24(21)30)29(35)31-12-14-36-15-13-31/h3-4,10-11,16,19,24H,5-9,12-15,17-18H2,1-2H3,(H,33,34)/b21-3+,22-4+. The second kappa shape index (κ2) is 8.91. The zero-order valence-corrected chi connectivity index (χ0v) is 21.4. The molecule has 1 amide bonds. The number of hydrogen-bond donors (Lipinski definition) is 1. The largest absolute Gasteiger partial charge is 0.478 e. The zero-order valence-electron chi connectivity index (χ0n) is 21.4. The van der Waals surface area contributed by atoms with Crippen molar-refractivity contribution >= 4 is 28.4 Å². The van der Waals surface area contributed by atoms with Crippen molar-refractivity contribution in [2.45, 2.75) is 64.8 Å². The molecule has 4 aliphatic rings. The summed E-state index contributed by atoms with van der Waals surface area (Å²) in [5, 5.41) is 11.0. The second-order valence-corrected chi connectivity index (χ2v) is 11.0. The van der Waals surface area contributed by atoms with Crippen LogP contribution in [0.25, 0.3) is 16.5 Å². The molecule has 2 saturated carbocycles. The molecule has 2 atom stereocenters. The summed E-state index contributed by atoms with van der Waals surface area (Å²) in [6.07, 6.45) is 11.3. The molecule has 1 aromatic heterocycles. The van der Waals surface area contributed by atoms with Gasteiger partial charge in [-0.3, -0.25) is 4.79 Å². The monoisotopic (exact) mass is 488 g/mol. The highest BCUT2D eigenvalue weighted by atomic mass is 16.5. The lowest BCUT2D eigenvalue weighted by Gasteiger charge is -2.31. The van der Waals surface area contributed by atoms with Crippen molar-refractivity contribution in [1.82, 2.24) is 9.47 Å². The number of aromatic carboxylic acids is 1. The van der Waals surface area contributed by atoms with Gasteiger partial charge in [0.05, 0.1) is 29.9 Å². The highest BCUT2D eigenvalue weighted by Gasteiger charge is 2.64. The van der Waals surface area contributed by atoms with Gasteiger partial charge in [0, 0.05) is 36.5 Å². The summed E-state index contributed by atoms with van der Waals surface area (Å²) >= 11 is 0. The van der Waals surface area contributed by atoms with Crippen LogP contribution in [0.5, 0.6) is 0 Å². The Morgan fingerprint density at radius 1 is 1.08 bits per heavy atom. The van der Waals surface area contributed by atoms with Gasteiger partial charge in [-0.25, -0.2) is 4.79 Å². The van der Waals surface area contributed by atoms with Gasteiger partial charge in [-0.1, -0.05) is 37.5 Å². The number of allylic oxidation sites excluding steroid dienone is 4. The number of amides is 1. The van der Waals surface area contributed by atoms with Gasteiger partial charge in [0.25, 0.3) is 0 Å². The number of ether oxygens (including phenoxy) is 1. The minimum atomic E-state index is -0.913. The van der Waals surface area contributed by atoms with E-state index in [0.29, 0.717) is 44.3 Å². The van der Waals surface area contributed by atoms with Gasteiger partial charge in [0.2, 0.25) is 5.91 Å². The Kier molecular flexibility index (Phi) is 5.83. The Labute approximate surface area is 212 Å². The molecule has 1 aromatic carbocycles. The third-order valence-electron chi connectivity index (χ3n) is 9.15. The molecule has 2 aromatic rings. The summed E-state index contributed by atoms with van der Waals surface area (Å²) in [5.74, 6) is -0.0274.